The number of halogens is 1. The third-order valence-corrected chi connectivity index (χ3v) is 3.57. The van der Waals surface area contributed by atoms with Gasteiger partial charge in [-0.05, 0) is 36.5 Å². The molecule has 4 heteroatoms. The minimum absolute atomic E-state index is 0.0359. The fraction of sp³-hybridized carbons (Fsp3) is 0.647. The molecule has 0 unspecified atom stereocenters. The van der Waals surface area contributed by atoms with Gasteiger partial charge in [0.2, 0.25) is 0 Å². The maximum atomic E-state index is 6.10. The van der Waals surface area contributed by atoms with Crippen LogP contribution in [0.5, 0.6) is 5.75 Å². The normalized spacial score (nSPS) is 11.7. The van der Waals surface area contributed by atoms with Crippen molar-refractivity contribution < 1.29 is 14.8 Å². The lowest BCUT2D eigenvalue weighted by Crippen LogP contribution is -2.85. The SMILES string of the molecule is COCC[NH2+]CCCCOc1ccc(Cl)cc1C(C)(C)C. The van der Waals surface area contributed by atoms with Crippen LogP contribution in [0.4, 0.5) is 0 Å². The number of nitrogens with two attached hydrogens (primary N) is 1. The number of quaternary nitrogens is 1. The molecule has 0 spiro atoms. The first-order chi connectivity index (χ1) is 9.95. The van der Waals surface area contributed by atoms with Gasteiger partial charge in [-0.2, -0.15) is 0 Å². The molecule has 0 aromatic heterocycles. The van der Waals surface area contributed by atoms with Crippen LogP contribution in [0.2, 0.25) is 5.02 Å². The minimum Gasteiger partial charge on any atom is -0.493 e. The molecule has 1 rings (SSSR count). The minimum atomic E-state index is 0.0359. The zero-order valence-electron chi connectivity index (χ0n) is 13.7. The van der Waals surface area contributed by atoms with Gasteiger partial charge in [0.1, 0.15) is 5.75 Å². The summed E-state index contributed by atoms with van der Waals surface area (Å²) in [5.41, 5.74) is 1.20. The highest BCUT2D eigenvalue weighted by molar-refractivity contribution is 6.30. The average Bonchev–Trinajstić information content (AvgIpc) is 2.42. The molecule has 0 aliphatic carbocycles. The summed E-state index contributed by atoms with van der Waals surface area (Å²) in [6.07, 6.45) is 2.22. The van der Waals surface area contributed by atoms with Crippen LogP contribution in [-0.4, -0.2) is 33.4 Å². The third-order valence-electron chi connectivity index (χ3n) is 3.34. The Bertz CT molecular complexity index is 416. The van der Waals surface area contributed by atoms with E-state index in [9.17, 15) is 0 Å². The lowest BCUT2D eigenvalue weighted by Gasteiger charge is -2.23. The number of ether oxygens (including phenoxy) is 2. The molecule has 0 aliphatic rings. The van der Waals surface area contributed by atoms with Crippen LogP contribution in [-0.2, 0) is 10.2 Å². The molecule has 0 amide bonds. The zero-order valence-corrected chi connectivity index (χ0v) is 14.5. The monoisotopic (exact) mass is 314 g/mol. The Morgan fingerprint density at radius 2 is 1.86 bits per heavy atom. The van der Waals surface area contributed by atoms with E-state index in [-0.39, 0.29) is 5.41 Å². The average molecular weight is 315 g/mol. The smallest absolute Gasteiger partial charge is 0.123 e. The van der Waals surface area contributed by atoms with Crippen molar-refractivity contribution in [2.75, 3.05) is 33.4 Å². The van der Waals surface area contributed by atoms with Crippen molar-refractivity contribution in [2.45, 2.75) is 39.0 Å². The lowest BCUT2D eigenvalue weighted by molar-refractivity contribution is -0.656. The van der Waals surface area contributed by atoms with Crippen LogP contribution in [0.25, 0.3) is 0 Å². The maximum absolute atomic E-state index is 6.10. The molecule has 2 N–H and O–H groups in total. The molecule has 1 aromatic rings. The van der Waals surface area contributed by atoms with Gasteiger partial charge in [0.05, 0.1) is 26.3 Å². The molecule has 0 radical (unpaired) electrons. The van der Waals surface area contributed by atoms with Gasteiger partial charge in [-0.15, -0.1) is 0 Å². The highest BCUT2D eigenvalue weighted by Gasteiger charge is 2.19. The first-order valence-electron chi connectivity index (χ1n) is 7.68. The van der Waals surface area contributed by atoms with Crippen LogP contribution < -0.4 is 10.1 Å². The largest absolute Gasteiger partial charge is 0.493 e. The van der Waals surface area contributed by atoms with E-state index in [2.05, 4.69) is 26.1 Å². The van der Waals surface area contributed by atoms with Crippen LogP contribution in [0.15, 0.2) is 18.2 Å². The second kappa shape index (κ2) is 9.29. The van der Waals surface area contributed by atoms with E-state index in [0.29, 0.717) is 0 Å². The molecule has 0 atom stereocenters. The van der Waals surface area contributed by atoms with Crippen LogP contribution in [0.3, 0.4) is 0 Å². The van der Waals surface area contributed by atoms with E-state index < -0.39 is 0 Å². The molecule has 3 nitrogen and oxygen atoms in total. The Labute approximate surface area is 134 Å². The first kappa shape index (κ1) is 18.3. The Morgan fingerprint density at radius 3 is 2.52 bits per heavy atom. The second-order valence-electron chi connectivity index (χ2n) is 6.30. The van der Waals surface area contributed by atoms with Crippen LogP contribution >= 0.6 is 11.6 Å². The maximum Gasteiger partial charge on any atom is 0.123 e. The summed E-state index contributed by atoms with van der Waals surface area (Å²) in [7, 11) is 1.74. The van der Waals surface area contributed by atoms with Crippen molar-refractivity contribution in [3.05, 3.63) is 28.8 Å². The molecule has 0 bridgehead atoms. The fourth-order valence-corrected chi connectivity index (χ4v) is 2.30. The Kier molecular flexibility index (Phi) is 8.09. The topological polar surface area (TPSA) is 35.1 Å². The van der Waals surface area contributed by atoms with E-state index >= 15 is 0 Å². The molecule has 1 aromatic carbocycles. The summed E-state index contributed by atoms with van der Waals surface area (Å²) in [5.74, 6) is 0.954. The summed E-state index contributed by atoms with van der Waals surface area (Å²) in [6, 6.07) is 5.88. The van der Waals surface area contributed by atoms with Gasteiger partial charge < -0.3 is 14.8 Å². The van der Waals surface area contributed by atoms with Gasteiger partial charge in [-0.25, -0.2) is 0 Å². The Morgan fingerprint density at radius 1 is 1.10 bits per heavy atom. The van der Waals surface area contributed by atoms with Gasteiger partial charge in [-0.3, -0.25) is 0 Å². The van der Waals surface area contributed by atoms with Gasteiger partial charge in [-0.1, -0.05) is 32.4 Å². The Hall–Kier alpha value is -0.770. The number of rotatable bonds is 9. The molecule has 0 saturated heterocycles. The van der Waals surface area contributed by atoms with Crippen LogP contribution in [0.1, 0.15) is 39.2 Å². The number of benzene rings is 1. The lowest BCUT2D eigenvalue weighted by atomic mass is 9.86. The molecular formula is C17H29ClNO2+. The number of methoxy groups -OCH3 is 1. The van der Waals surface area contributed by atoms with E-state index in [4.69, 9.17) is 21.1 Å². The van der Waals surface area contributed by atoms with Crippen LogP contribution in [0, 0.1) is 0 Å². The first-order valence-corrected chi connectivity index (χ1v) is 8.06. The number of hydrogen-bond acceptors (Lipinski definition) is 2. The van der Waals surface area contributed by atoms with E-state index in [1.54, 1.807) is 7.11 Å². The van der Waals surface area contributed by atoms with Gasteiger partial charge in [0.15, 0.2) is 0 Å². The summed E-state index contributed by atoms with van der Waals surface area (Å²) in [4.78, 5) is 0. The Balaban J connectivity index is 2.35. The molecule has 21 heavy (non-hydrogen) atoms. The quantitative estimate of drug-likeness (QED) is 0.711. The number of hydrogen-bond donors (Lipinski definition) is 1. The standard InChI is InChI=1S/C17H28ClNO2/c1-17(2,3)15-13-14(18)7-8-16(15)21-11-6-5-9-19-10-12-20-4/h7-8,13,19H,5-6,9-12H2,1-4H3/p+1. The molecule has 120 valence electrons. The molecule has 0 heterocycles. The van der Waals surface area contributed by atoms with E-state index in [0.717, 1.165) is 49.9 Å². The van der Waals surface area contributed by atoms with Crippen molar-refractivity contribution in [1.29, 1.82) is 0 Å². The fourth-order valence-electron chi connectivity index (χ4n) is 2.13. The molecule has 0 fully saturated rings. The summed E-state index contributed by atoms with van der Waals surface area (Å²) in [6.45, 7) is 10.3. The summed E-state index contributed by atoms with van der Waals surface area (Å²) >= 11 is 6.10. The molecule has 0 saturated carbocycles. The second-order valence-corrected chi connectivity index (χ2v) is 6.74. The van der Waals surface area contributed by atoms with E-state index in [1.807, 2.05) is 18.2 Å². The van der Waals surface area contributed by atoms with Gasteiger partial charge in [0, 0.05) is 17.7 Å². The predicted octanol–water partition coefficient (Wildman–Crippen LogP) is 3.01. The van der Waals surface area contributed by atoms with Crippen molar-refractivity contribution in [2.24, 2.45) is 0 Å². The zero-order chi connectivity index (χ0) is 15.7. The van der Waals surface area contributed by atoms with Crippen molar-refractivity contribution in [3.63, 3.8) is 0 Å². The van der Waals surface area contributed by atoms with E-state index in [1.165, 1.54) is 5.56 Å². The molecular weight excluding hydrogens is 286 g/mol. The molecule has 0 aliphatic heterocycles. The predicted molar refractivity (Wildman–Crippen MR) is 88.4 cm³/mol. The third kappa shape index (κ3) is 7.16. The number of unbranched alkanes of at least 4 members (excludes halogenated alkanes) is 1. The van der Waals surface area contributed by atoms with Gasteiger partial charge in [0.25, 0.3) is 0 Å². The van der Waals surface area contributed by atoms with Crippen molar-refractivity contribution in [1.82, 2.24) is 0 Å². The van der Waals surface area contributed by atoms with Crippen molar-refractivity contribution >= 4 is 11.6 Å². The summed E-state index contributed by atoms with van der Waals surface area (Å²) < 4.78 is 11.0. The highest BCUT2D eigenvalue weighted by Crippen LogP contribution is 2.33. The van der Waals surface area contributed by atoms with Gasteiger partial charge >= 0.3 is 0 Å². The highest BCUT2D eigenvalue weighted by atomic mass is 35.5. The van der Waals surface area contributed by atoms with Crippen molar-refractivity contribution in [3.8, 4) is 5.75 Å². The summed E-state index contributed by atoms with van der Waals surface area (Å²) in [5, 5.41) is 3.05.